The average molecular weight is 356 g/mol. The van der Waals surface area contributed by atoms with Gasteiger partial charge in [-0.15, -0.1) is 0 Å². The van der Waals surface area contributed by atoms with Gasteiger partial charge in [-0.25, -0.2) is 13.6 Å². The maximum atomic E-state index is 13.6. The molecule has 3 nitrogen and oxygen atoms in total. The Hall–Kier alpha value is -1.95. The monoisotopic (exact) mass is 355 g/mol. The van der Waals surface area contributed by atoms with Crippen LogP contribution < -0.4 is 5.32 Å². The van der Waals surface area contributed by atoms with Crippen LogP contribution in [0.5, 0.6) is 0 Å². The smallest absolute Gasteiger partial charge is 0.407 e. The topological polar surface area (TPSA) is 38.3 Å². The number of hydrogen-bond acceptors (Lipinski definition) is 2. The van der Waals surface area contributed by atoms with Gasteiger partial charge in [0.1, 0.15) is 6.61 Å². The molecule has 0 bridgehead atoms. The Morgan fingerprint density at radius 2 is 1.81 bits per heavy atom. The molecule has 0 aliphatic carbocycles. The van der Waals surface area contributed by atoms with Crippen LogP contribution in [-0.4, -0.2) is 6.09 Å². The highest BCUT2D eigenvalue weighted by Gasteiger charge is 2.12. The molecule has 0 aromatic heterocycles. The zero-order valence-corrected chi connectivity index (χ0v) is 12.5. The van der Waals surface area contributed by atoms with Crippen LogP contribution in [0.25, 0.3) is 0 Å². The first kappa shape index (κ1) is 15.4. The van der Waals surface area contributed by atoms with Crippen LogP contribution in [0.4, 0.5) is 13.6 Å². The summed E-state index contributed by atoms with van der Waals surface area (Å²) in [6.45, 7) is -0.0342. The Morgan fingerprint density at radius 1 is 1.10 bits per heavy atom. The molecule has 110 valence electrons. The Labute approximate surface area is 129 Å². The van der Waals surface area contributed by atoms with E-state index in [1.807, 2.05) is 30.3 Å². The molecule has 0 aliphatic rings. The molecule has 1 amide bonds. The SMILES string of the molecule is O=C(NCc1ccc(Br)c(F)c1F)OCc1ccccc1. The molecule has 2 rings (SSSR count). The molecule has 6 heteroatoms. The van der Waals surface area contributed by atoms with Crippen LogP contribution in [0.1, 0.15) is 11.1 Å². The van der Waals surface area contributed by atoms with E-state index in [2.05, 4.69) is 21.2 Å². The van der Waals surface area contributed by atoms with Gasteiger partial charge in [0.15, 0.2) is 11.6 Å². The number of carbonyl (C=O) groups excluding carboxylic acids is 1. The molecule has 0 saturated carbocycles. The lowest BCUT2D eigenvalue weighted by Crippen LogP contribution is -2.24. The largest absolute Gasteiger partial charge is 0.445 e. The third-order valence-corrected chi connectivity index (χ3v) is 3.36. The quantitative estimate of drug-likeness (QED) is 0.836. The normalized spacial score (nSPS) is 10.2. The van der Waals surface area contributed by atoms with Gasteiger partial charge >= 0.3 is 6.09 Å². The minimum absolute atomic E-state index is 0.0374. The highest BCUT2D eigenvalue weighted by molar-refractivity contribution is 9.10. The van der Waals surface area contributed by atoms with E-state index in [9.17, 15) is 13.6 Å². The Balaban J connectivity index is 1.86. The standard InChI is InChI=1S/C15H12BrF2NO2/c16-12-7-6-11(13(17)14(12)18)8-19-15(20)21-9-10-4-2-1-3-5-10/h1-7H,8-9H2,(H,19,20). The van der Waals surface area contributed by atoms with Crippen molar-refractivity contribution in [2.75, 3.05) is 0 Å². The number of alkyl carbamates (subject to hydrolysis) is 1. The summed E-state index contributed by atoms with van der Waals surface area (Å²) in [6.07, 6.45) is -0.693. The summed E-state index contributed by atoms with van der Waals surface area (Å²) >= 11 is 2.88. The van der Waals surface area contributed by atoms with Crippen LogP contribution in [-0.2, 0) is 17.9 Å². The Morgan fingerprint density at radius 3 is 2.52 bits per heavy atom. The summed E-state index contributed by atoms with van der Waals surface area (Å²) in [5, 5.41) is 2.37. The van der Waals surface area contributed by atoms with E-state index in [0.717, 1.165) is 5.56 Å². The number of ether oxygens (including phenoxy) is 1. The minimum atomic E-state index is -0.993. The molecule has 21 heavy (non-hydrogen) atoms. The second kappa shape index (κ2) is 7.17. The zero-order valence-electron chi connectivity index (χ0n) is 10.9. The number of amides is 1. The van der Waals surface area contributed by atoms with Gasteiger partial charge in [-0.2, -0.15) is 0 Å². The minimum Gasteiger partial charge on any atom is -0.445 e. The predicted molar refractivity (Wildman–Crippen MR) is 77.5 cm³/mol. The van der Waals surface area contributed by atoms with E-state index in [1.54, 1.807) is 0 Å². The Kier molecular flexibility index (Phi) is 5.27. The summed E-state index contributed by atoms with van der Waals surface area (Å²) in [4.78, 5) is 11.5. The molecule has 0 heterocycles. The third-order valence-electron chi connectivity index (χ3n) is 2.75. The van der Waals surface area contributed by atoms with Crippen molar-refractivity contribution >= 4 is 22.0 Å². The maximum Gasteiger partial charge on any atom is 0.407 e. The van der Waals surface area contributed by atoms with Crippen molar-refractivity contribution < 1.29 is 18.3 Å². The van der Waals surface area contributed by atoms with Crippen LogP contribution in [0.15, 0.2) is 46.9 Å². The van der Waals surface area contributed by atoms with Crippen molar-refractivity contribution in [2.24, 2.45) is 0 Å². The second-order valence-corrected chi connectivity index (χ2v) is 5.10. The van der Waals surface area contributed by atoms with Gasteiger partial charge in [-0.1, -0.05) is 36.4 Å². The van der Waals surface area contributed by atoms with E-state index in [1.165, 1.54) is 12.1 Å². The molecule has 0 radical (unpaired) electrons. The molecule has 1 N–H and O–H groups in total. The van der Waals surface area contributed by atoms with Crippen molar-refractivity contribution in [3.63, 3.8) is 0 Å². The maximum absolute atomic E-state index is 13.6. The van der Waals surface area contributed by atoms with Gasteiger partial charge in [-0.05, 0) is 27.6 Å². The van der Waals surface area contributed by atoms with E-state index < -0.39 is 17.7 Å². The number of halogens is 3. The van der Waals surface area contributed by atoms with Crippen LogP contribution >= 0.6 is 15.9 Å². The average Bonchev–Trinajstić information content (AvgIpc) is 2.51. The van der Waals surface area contributed by atoms with Crippen molar-refractivity contribution in [1.29, 1.82) is 0 Å². The van der Waals surface area contributed by atoms with Crippen molar-refractivity contribution in [1.82, 2.24) is 5.32 Å². The van der Waals surface area contributed by atoms with Crippen molar-refractivity contribution in [3.05, 3.63) is 69.7 Å². The lowest BCUT2D eigenvalue weighted by molar-refractivity contribution is 0.139. The van der Waals surface area contributed by atoms with Gasteiger partial charge in [0.25, 0.3) is 0 Å². The van der Waals surface area contributed by atoms with E-state index in [4.69, 9.17) is 4.74 Å². The lowest BCUT2D eigenvalue weighted by atomic mass is 10.2. The van der Waals surface area contributed by atoms with Gasteiger partial charge < -0.3 is 10.1 Å². The molecule has 0 unspecified atom stereocenters. The molecule has 2 aromatic rings. The van der Waals surface area contributed by atoms with Gasteiger partial charge in [0, 0.05) is 12.1 Å². The zero-order chi connectivity index (χ0) is 15.2. The summed E-state index contributed by atoms with van der Waals surface area (Å²) in [5.74, 6) is -1.97. The molecular weight excluding hydrogens is 344 g/mol. The second-order valence-electron chi connectivity index (χ2n) is 4.25. The summed E-state index contributed by atoms with van der Waals surface area (Å²) in [6, 6.07) is 11.9. The van der Waals surface area contributed by atoms with Crippen LogP contribution in [0.3, 0.4) is 0 Å². The summed E-state index contributed by atoms with van der Waals surface area (Å²) in [5.41, 5.74) is 0.890. The van der Waals surface area contributed by atoms with Crippen molar-refractivity contribution in [3.8, 4) is 0 Å². The number of nitrogens with one attached hydrogen (secondary N) is 1. The molecule has 0 atom stereocenters. The molecule has 2 aromatic carbocycles. The third kappa shape index (κ3) is 4.26. The van der Waals surface area contributed by atoms with E-state index in [0.29, 0.717) is 0 Å². The highest BCUT2D eigenvalue weighted by Crippen LogP contribution is 2.20. The first-order chi connectivity index (χ1) is 10.1. The fourth-order valence-corrected chi connectivity index (χ4v) is 1.95. The fourth-order valence-electron chi connectivity index (χ4n) is 1.64. The van der Waals surface area contributed by atoms with Crippen LogP contribution in [0.2, 0.25) is 0 Å². The number of hydrogen-bond donors (Lipinski definition) is 1. The number of carbonyl (C=O) groups is 1. The number of benzene rings is 2. The lowest BCUT2D eigenvalue weighted by Gasteiger charge is -2.08. The number of rotatable bonds is 4. The first-order valence-corrected chi connectivity index (χ1v) is 6.94. The molecule has 0 spiro atoms. The fraction of sp³-hybridized carbons (Fsp3) is 0.133. The molecule has 0 saturated heterocycles. The highest BCUT2D eigenvalue weighted by atomic mass is 79.9. The van der Waals surface area contributed by atoms with Crippen molar-refractivity contribution in [2.45, 2.75) is 13.2 Å². The van der Waals surface area contributed by atoms with E-state index >= 15 is 0 Å². The van der Waals surface area contributed by atoms with Gasteiger partial charge in [0.2, 0.25) is 0 Å². The summed E-state index contributed by atoms with van der Waals surface area (Å²) in [7, 11) is 0. The van der Waals surface area contributed by atoms with Gasteiger partial charge in [0.05, 0.1) is 4.47 Å². The van der Waals surface area contributed by atoms with Crippen LogP contribution in [0, 0.1) is 11.6 Å². The first-order valence-electron chi connectivity index (χ1n) is 6.15. The van der Waals surface area contributed by atoms with E-state index in [-0.39, 0.29) is 23.2 Å². The van der Waals surface area contributed by atoms with Gasteiger partial charge in [-0.3, -0.25) is 0 Å². The molecule has 0 fully saturated rings. The molecular formula is C15H12BrF2NO2. The predicted octanol–water partition coefficient (Wildman–Crippen LogP) is 4.15. The Bertz CT molecular complexity index is 635. The molecule has 0 aliphatic heterocycles. The summed E-state index contributed by atoms with van der Waals surface area (Å²) < 4.78 is 31.9.